The van der Waals surface area contributed by atoms with Crippen molar-refractivity contribution in [2.24, 2.45) is 0 Å². The van der Waals surface area contributed by atoms with E-state index < -0.39 is 0 Å². The van der Waals surface area contributed by atoms with Gasteiger partial charge in [0.25, 0.3) is 0 Å². The topological polar surface area (TPSA) is 24.9 Å². The molecule has 0 atom stereocenters. The first-order chi connectivity index (χ1) is 7.79. The Morgan fingerprint density at radius 3 is 2.88 bits per heavy atom. The van der Waals surface area contributed by atoms with Crippen molar-refractivity contribution >= 4 is 22.7 Å². The highest BCUT2D eigenvalue weighted by Gasteiger charge is 2.02. The third-order valence-corrected chi connectivity index (χ3v) is 4.64. The van der Waals surface area contributed by atoms with E-state index in [0.29, 0.717) is 0 Å². The molecule has 0 aliphatic carbocycles. The van der Waals surface area contributed by atoms with Gasteiger partial charge in [-0.2, -0.15) is 0 Å². The second kappa shape index (κ2) is 5.57. The van der Waals surface area contributed by atoms with Crippen LogP contribution < -0.4 is 5.32 Å². The van der Waals surface area contributed by atoms with Crippen LogP contribution in [-0.2, 0) is 19.5 Å². The molecular weight excluding hydrogens is 236 g/mol. The summed E-state index contributed by atoms with van der Waals surface area (Å²) in [5.41, 5.74) is 1.38. The van der Waals surface area contributed by atoms with Gasteiger partial charge in [0.05, 0.1) is 0 Å². The zero-order valence-electron chi connectivity index (χ0n) is 9.62. The summed E-state index contributed by atoms with van der Waals surface area (Å²) in [6.07, 6.45) is 3.07. The standard InChI is InChI=1S/C12H16N2S2/c1-3-10-6-14-12(16-10)8-13-7-11-9(2)4-5-15-11/h4-6,13H,3,7-8H2,1-2H3. The average Bonchev–Trinajstić information content (AvgIpc) is 2.89. The van der Waals surface area contributed by atoms with Crippen LogP contribution in [0.3, 0.4) is 0 Å². The van der Waals surface area contributed by atoms with Crippen LogP contribution >= 0.6 is 22.7 Å². The summed E-state index contributed by atoms with van der Waals surface area (Å²) in [6.45, 7) is 6.15. The number of hydrogen-bond acceptors (Lipinski definition) is 4. The summed E-state index contributed by atoms with van der Waals surface area (Å²) in [7, 11) is 0. The van der Waals surface area contributed by atoms with E-state index in [1.54, 1.807) is 11.3 Å². The van der Waals surface area contributed by atoms with Crippen molar-refractivity contribution in [3.63, 3.8) is 0 Å². The molecule has 2 rings (SSSR count). The molecule has 1 N–H and O–H groups in total. The highest BCUT2D eigenvalue weighted by Crippen LogP contribution is 2.16. The Hall–Kier alpha value is -0.710. The fraction of sp³-hybridized carbons (Fsp3) is 0.417. The third-order valence-electron chi connectivity index (χ3n) is 2.48. The van der Waals surface area contributed by atoms with Crippen LogP contribution in [0.4, 0.5) is 0 Å². The maximum atomic E-state index is 4.39. The molecule has 0 unspecified atom stereocenters. The molecule has 0 aromatic carbocycles. The maximum absolute atomic E-state index is 4.39. The third kappa shape index (κ3) is 2.90. The molecule has 0 radical (unpaired) electrons. The van der Waals surface area contributed by atoms with Gasteiger partial charge in [-0.25, -0.2) is 4.98 Å². The Bertz CT molecular complexity index is 445. The molecule has 0 fully saturated rings. The zero-order valence-corrected chi connectivity index (χ0v) is 11.3. The first kappa shape index (κ1) is 11.8. The first-order valence-corrected chi connectivity index (χ1v) is 7.16. The number of thiazole rings is 1. The van der Waals surface area contributed by atoms with Crippen molar-refractivity contribution in [1.29, 1.82) is 0 Å². The summed E-state index contributed by atoms with van der Waals surface area (Å²) < 4.78 is 0. The smallest absolute Gasteiger partial charge is 0.107 e. The van der Waals surface area contributed by atoms with Crippen LogP contribution in [0.1, 0.15) is 27.2 Å². The number of thiophene rings is 1. The highest BCUT2D eigenvalue weighted by atomic mass is 32.1. The van der Waals surface area contributed by atoms with Gasteiger partial charge in [0.15, 0.2) is 0 Å². The van der Waals surface area contributed by atoms with Crippen molar-refractivity contribution in [2.75, 3.05) is 0 Å². The molecule has 0 aliphatic rings. The molecule has 86 valence electrons. The molecule has 0 amide bonds. The molecule has 2 heterocycles. The Morgan fingerprint density at radius 1 is 1.38 bits per heavy atom. The Balaban J connectivity index is 1.82. The monoisotopic (exact) mass is 252 g/mol. The van der Waals surface area contributed by atoms with Crippen LogP contribution in [0.5, 0.6) is 0 Å². The molecule has 0 saturated carbocycles. The fourth-order valence-corrected chi connectivity index (χ4v) is 3.17. The van der Waals surface area contributed by atoms with E-state index in [9.17, 15) is 0 Å². The van der Waals surface area contributed by atoms with Gasteiger partial charge in [-0.1, -0.05) is 6.92 Å². The predicted molar refractivity (Wildman–Crippen MR) is 71.1 cm³/mol. The summed E-state index contributed by atoms with van der Waals surface area (Å²) in [5, 5.41) is 6.77. The van der Waals surface area contributed by atoms with E-state index in [2.05, 4.69) is 35.6 Å². The minimum absolute atomic E-state index is 0.877. The number of nitrogens with one attached hydrogen (secondary N) is 1. The minimum atomic E-state index is 0.877. The van der Waals surface area contributed by atoms with Gasteiger partial charge in [-0.15, -0.1) is 22.7 Å². The highest BCUT2D eigenvalue weighted by molar-refractivity contribution is 7.11. The average molecular weight is 252 g/mol. The predicted octanol–water partition coefficient (Wildman–Crippen LogP) is 3.37. The lowest BCUT2D eigenvalue weighted by atomic mass is 10.3. The van der Waals surface area contributed by atoms with Gasteiger partial charge in [0.2, 0.25) is 0 Å². The van der Waals surface area contributed by atoms with Gasteiger partial charge >= 0.3 is 0 Å². The van der Waals surface area contributed by atoms with Gasteiger partial charge in [-0.05, 0) is 30.4 Å². The van der Waals surface area contributed by atoms with Gasteiger partial charge in [0, 0.05) is 29.0 Å². The van der Waals surface area contributed by atoms with Gasteiger partial charge in [-0.3, -0.25) is 0 Å². The molecule has 0 saturated heterocycles. The fourth-order valence-electron chi connectivity index (χ4n) is 1.46. The largest absolute Gasteiger partial charge is 0.306 e. The normalized spacial score (nSPS) is 10.9. The number of aromatic nitrogens is 1. The van der Waals surface area contributed by atoms with E-state index in [1.165, 1.54) is 20.3 Å². The van der Waals surface area contributed by atoms with Crippen LogP contribution in [0.15, 0.2) is 17.6 Å². The Labute approximate surface area is 104 Å². The van der Waals surface area contributed by atoms with Crippen molar-refractivity contribution in [1.82, 2.24) is 10.3 Å². The summed E-state index contributed by atoms with van der Waals surface area (Å²) >= 11 is 3.62. The second-order valence-corrected chi connectivity index (χ2v) is 5.90. The lowest BCUT2D eigenvalue weighted by Crippen LogP contribution is -2.11. The summed E-state index contributed by atoms with van der Waals surface area (Å²) in [5.74, 6) is 0. The zero-order chi connectivity index (χ0) is 11.4. The van der Waals surface area contributed by atoms with E-state index >= 15 is 0 Å². The van der Waals surface area contributed by atoms with Crippen molar-refractivity contribution in [3.05, 3.63) is 38.0 Å². The Kier molecular flexibility index (Phi) is 4.09. The van der Waals surface area contributed by atoms with E-state index in [1.807, 2.05) is 17.5 Å². The van der Waals surface area contributed by atoms with Gasteiger partial charge < -0.3 is 5.32 Å². The molecule has 16 heavy (non-hydrogen) atoms. The summed E-state index contributed by atoms with van der Waals surface area (Å²) in [4.78, 5) is 7.18. The van der Waals surface area contributed by atoms with E-state index in [4.69, 9.17) is 0 Å². The lowest BCUT2D eigenvalue weighted by Gasteiger charge is -2.01. The summed E-state index contributed by atoms with van der Waals surface area (Å²) in [6, 6.07) is 2.17. The minimum Gasteiger partial charge on any atom is -0.306 e. The van der Waals surface area contributed by atoms with Crippen LogP contribution in [0, 0.1) is 6.92 Å². The van der Waals surface area contributed by atoms with E-state index in [0.717, 1.165) is 19.5 Å². The van der Waals surface area contributed by atoms with Gasteiger partial charge in [0.1, 0.15) is 5.01 Å². The molecule has 4 heteroatoms. The second-order valence-electron chi connectivity index (χ2n) is 3.70. The molecule has 2 aromatic rings. The Morgan fingerprint density at radius 2 is 2.25 bits per heavy atom. The lowest BCUT2D eigenvalue weighted by molar-refractivity contribution is 0.695. The first-order valence-electron chi connectivity index (χ1n) is 5.47. The number of aryl methyl sites for hydroxylation is 2. The van der Waals surface area contributed by atoms with Crippen LogP contribution in [0.25, 0.3) is 0 Å². The number of rotatable bonds is 5. The maximum Gasteiger partial charge on any atom is 0.107 e. The van der Waals surface area contributed by atoms with Crippen molar-refractivity contribution in [3.8, 4) is 0 Å². The number of hydrogen-bond donors (Lipinski definition) is 1. The molecule has 2 nitrogen and oxygen atoms in total. The molecular formula is C12H16N2S2. The number of nitrogens with zero attached hydrogens (tertiary/aromatic N) is 1. The molecule has 0 spiro atoms. The SMILES string of the molecule is CCc1cnc(CNCc2sccc2C)s1. The van der Waals surface area contributed by atoms with Crippen molar-refractivity contribution in [2.45, 2.75) is 33.4 Å². The van der Waals surface area contributed by atoms with Crippen molar-refractivity contribution < 1.29 is 0 Å². The molecule has 0 bridgehead atoms. The molecule has 0 aliphatic heterocycles. The van der Waals surface area contributed by atoms with Crippen LogP contribution in [0.2, 0.25) is 0 Å². The van der Waals surface area contributed by atoms with Crippen LogP contribution in [-0.4, -0.2) is 4.98 Å². The van der Waals surface area contributed by atoms with E-state index in [-0.39, 0.29) is 0 Å². The molecule has 2 aromatic heterocycles. The quantitative estimate of drug-likeness (QED) is 0.882.